The molecule has 1 heterocycles. The van der Waals surface area contributed by atoms with E-state index in [0.717, 1.165) is 31.7 Å². The Morgan fingerprint density at radius 2 is 1.75 bits per heavy atom. The van der Waals surface area contributed by atoms with Crippen LogP contribution in [0.2, 0.25) is 0 Å². The van der Waals surface area contributed by atoms with E-state index in [1.54, 1.807) is 30.3 Å². The van der Waals surface area contributed by atoms with Gasteiger partial charge in [0.25, 0.3) is 0 Å². The summed E-state index contributed by atoms with van der Waals surface area (Å²) in [7, 11) is 0. The SMILES string of the molecule is Cc1ccc(NC(=O)Nc2ccc(Oc3cc(NC4CCCC(N)C4)ncn3)cc2)cc1C(F)(F)F. The Kier molecular flexibility index (Phi) is 7.58. The lowest BCUT2D eigenvalue weighted by Crippen LogP contribution is -2.35. The number of carbonyl (C=O) groups excluding carboxylic acids is 1. The average molecular weight is 501 g/mol. The maximum atomic E-state index is 13.1. The fourth-order valence-corrected chi connectivity index (χ4v) is 4.07. The smallest absolute Gasteiger partial charge is 0.416 e. The fraction of sp³-hybridized carbons (Fsp3) is 0.320. The Labute approximate surface area is 206 Å². The second kappa shape index (κ2) is 10.8. The maximum absolute atomic E-state index is 13.1. The van der Waals surface area contributed by atoms with Crippen LogP contribution in [0.1, 0.15) is 36.8 Å². The Balaban J connectivity index is 1.33. The number of nitrogens with zero attached hydrogens (tertiary/aromatic N) is 2. The van der Waals surface area contributed by atoms with Crippen molar-refractivity contribution in [2.24, 2.45) is 5.73 Å². The molecule has 4 rings (SSSR count). The van der Waals surface area contributed by atoms with Crippen LogP contribution >= 0.6 is 0 Å². The monoisotopic (exact) mass is 500 g/mol. The summed E-state index contributed by atoms with van der Waals surface area (Å²) in [6, 6.07) is 11.6. The third kappa shape index (κ3) is 6.85. The predicted molar refractivity (Wildman–Crippen MR) is 131 cm³/mol. The molecule has 11 heteroatoms. The molecule has 1 aliphatic carbocycles. The van der Waals surface area contributed by atoms with Gasteiger partial charge in [-0.2, -0.15) is 13.2 Å². The van der Waals surface area contributed by atoms with E-state index >= 15 is 0 Å². The van der Waals surface area contributed by atoms with E-state index < -0.39 is 17.8 Å². The quantitative estimate of drug-likeness (QED) is 0.334. The predicted octanol–water partition coefficient (Wildman–Crippen LogP) is 5.92. The molecule has 190 valence electrons. The minimum absolute atomic E-state index is 0.0359. The molecule has 2 atom stereocenters. The topological polar surface area (TPSA) is 114 Å². The number of rotatable bonds is 6. The van der Waals surface area contributed by atoms with Gasteiger partial charge >= 0.3 is 12.2 Å². The van der Waals surface area contributed by atoms with E-state index in [4.69, 9.17) is 10.5 Å². The van der Waals surface area contributed by atoms with E-state index in [2.05, 4.69) is 25.9 Å². The van der Waals surface area contributed by atoms with Crippen molar-refractivity contribution >= 4 is 23.2 Å². The standard InChI is InChI=1S/C25H27F3N6O2/c1-15-5-6-19(12-21(15)25(26,27)28)34-24(35)33-17-7-9-20(10-8-17)36-23-13-22(30-14-31-23)32-18-4-2-3-16(29)11-18/h5-10,12-14,16,18H,2-4,11,29H2,1H3,(H,30,31,32)(H2,33,34,35). The molecule has 0 bridgehead atoms. The van der Waals surface area contributed by atoms with Crippen molar-refractivity contribution in [1.29, 1.82) is 0 Å². The molecule has 2 unspecified atom stereocenters. The van der Waals surface area contributed by atoms with E-state index in [0.29, 0.717) is 23.1 Å². The highest BCUT2D eigenvalue weighted by Gasteiger charge is 2.32. The summed E-state index contributed by atoms with van der Waals surface area (Å²) in [5.41, 5.74) is 5.80. The van der Waals surface area contributed by atoms with Crippen LogP contribution in [-0.4, -0.2) is 28.1 Å². The lowest BCUT2D eigenvalue weighted by molar-refractivity contribution is -0.138. The Hall–Kier alpha value is -3.86. The van der Waals surface area contributed by atoms with Gasteiger partial charge in [-0.25, -0.2) is 14.8 Å². The first-order chi connectivity index (χ1) is 17.2. The van der Waals surface area contributed by atoms with E-state index in [9.17, 15) is 18.0 Å². The van der Waals surface area contributed by atoms with Crippen molar-refractivity contribution in [2.45, 2.75) is 50.9 Å². The molecule has 0 aliphatic heterocycles. The number of benzene rings is 2. The largest absolute Gasteiger partial charge is 0.439 e. The van der Waals surface area contributed by atoms with Crippen LogP contribution in [0.4, 0.5) is 35.2 Å². The molecule has 0 spiro atoms. The Bertz CT molecular complexity index is 1200. The number of amides is 2. The first kappa shape index (κ1) is 25.2. The van der Waals surface area contributed by atoms with Crippen molar-refractivity contribution in [2.75, 3.05) is 16.0 Å². The first-order valence-electron chi connectivity index (χ1n) is 11.5. The van der Waals surface area contributed by atoms with Gasteiger partial charge in [0.1, 0.15) is 17.9 Å². The van der Waals surface area contributed by atoms with Crippen LogP contribution in [-0.2, 0) is 6.18 Å². The second-order valence-corrected chi connectivity index (χ2v) is 8.74. The molecule has 0 radical (unpaired) electrons. The van der Waals surface area contributed by atoms with E-state index in [-0.39, 0.29) is 23.3 Å². The van der Waals surface area contributed by atoms with Gasteiger partial charge < -0.3 is 26.4 Å². The van der Waals surface area contributed by atoms with Gasteiger partial charge in [-0.15, -0.1) is 0 Å². The lowest BCUT2D eigenvalue weighted by Gasteiger charge is -2.27. The molecular formula is C25H27F3N6O2. The average Bonchev–Trinajstić information content (AvgIpc) is 2.81. The van der Waals surface area contributed by atoms with E-state index in [1.165, 1.54) is 25.4 Å². The van der Waals surface area contributed by atoms with Gasteiger partial charge in [0.2, 0.25) is 5.88 Å². The first-order valence-corrected chi connectivity index (χ1v) is 11.5. The number of anilines is 3. The van der Waals surface area contributed by atoms with Gasteiger partial charge in [0.05, 0.1) is 5.56 Å². The van der Waals surface area contributed by atoms with Crippen molar-refractivity contribution in [3.63, 3.8) is 0 Å². The van der Waals surface area contributed by atoms with Gasteiger partial charge in [-0.05, 0) is 74.6 Å². The summed E-state index contributed by atoms with van der Waals surface area (Å²) in [5.74, 6) is 1.49. The highest BCUT2D eigenvalue weighted by atomic mass is 19.4. The van der Waals surface area contributed by atoms with Crippen LogP contribution < -0.4 is 26.4 Å². The van der Waals surface area contributed by atoms with Crippen molar-refractivity contribution in [3.05, 3.63) is 66.0 Å². The number of carbonyl (C=O) groups is 1. The number of aromatic nitrogens is 2. The fourth-order valence-electron chi connectivity index (χ4n) is 4.07. The number of hydrogen-bond acceptors (Lipinski definition) is 6. The highest BCUT2D eigenvalue weighted by Crippen LogP contribution is 2.33. The van der Waals surface area contributed by atoms with Crippen LogP contribution in [0, 0.1) is 6.92 Å². The molecule has 0 saturated heterocycles. The van der Waals surface area contributed by atoms with Crippen molar-refractivity contribution in [3.8, 4) is 11.6 Å². The minimum Gasteiger partial charge on any atom is -0.439 e. The molecule has 1 aromatic heterocycles. The number of ether oxygens (including phenoxy) is 1. The summed E-state index contributed by atoms with van der Waals surface area (Å²) < 4.78 is 45.1. The molecule has 1 fully saturated rings. The third-order valence-corrected chi connectivity index (χ3v) is 5.84. The molecule has 5 N–H and O–H groups in total. The zero-order chi connectivity index (χ0) is 25.7. The number of urea groups is 1. The Morgan fingerprint density at radius 1 is 1.03 bits per heavy atom. The van der Waals surface area contributed by atoms with Gasteiger partial charge in [-0.1, -0.05) is 6.07 Å². The molecule has 2 aromatic carbocycles. The molecule has 1 aliphatic rings. The number of alkyl halides is 3. The van der Waals surface area contributed by atoms with Crippen LogP contribution in [0.25, 0.3) is 0 Å². The molecule has 36 heavy (non-hydrogen) atoms. The minimum atomic E-state index is -4.50. The molecule has 8 nitrogen and oxygen atoms in total. The number of halogens is 3. The van der Waals surface area contributed by atoms with Crippen molar-refractivity contribution < 1.29 is 22.7 Å². The summed E-state index contributed by atoms with van der Waals surface area (Å²) >= 11 is 0. The molecule has 3 aromatic rings. The summed E-state index contributed by atoms with van der Waals surface area (Å²) in [6.07, 6.45) is 0.936. The second-order valence-electron chi connectivity index (χ2n) is 8.74. The Morgan fingerprint density at radius 3 is 2.47 bits per heavy atom. The van der Waals surface area contributed by atoms with Crippen LogP contribution in [0.3, 0.4) is 0 Å². The normalized spacial score (nSPS) is 17.8. The van der Waals surface area contributed by atoms with Crippen molar-refractivity contribution in [1.82, 2.24) is 9.97 Å². The number of nitrogens with two attached hydrogens (primary N) is 1. The zero-order valence-electron chi connectivity index (χ0n) is 19.6. The van der Waals surface area contributed by atoms with Gasteiger partial charge in [-0.3, -0.25) is 0 Å². The molecular weight excluding hydrogens is 473 g/mol. The number of nitrogens with one attached hydrogen (secondary N) is 3. The molecule has 1 saturated carbocycles. The number of aryl methyl sites for hydroxylation is 1. The van der Waals surface area contributed by atoms with Gasteiger partial charge in [0.15, 0.2) is 0 Å². The van der Waals surface area contributed by atoms with Crippen LogP contribution in [0.15, 0.2) is 54.9 Å². The van der Waals surface area contributed by atoms with Crippen LogP contribution in [0.5, 0.6) is 11.6 Å². The summed E-state index contributed by atoms with van der Waals surface area (Å²) in [6.45, 7) is 1.36. The summed E-state index contributed by atoms with van der Waals surface area (Å²) in [4.78, 5) is 20.6. The lowest BCUT2D eigenvalue weighted by atomic mass is 9.92. The summed E-state index contributed by atoms with van der Waals surface area (Å²) in [5, 5.41) is 8.37. The maximum Gasteiger partial charge on any atom is 0.416 e. The highest BCUT2D eigenvalue weighted by molar-refractivity contribution is 5.99. The molecule has 2 amide bonds. The van der Waals surface area contributed by atoms with Gasteiger partial charge in [0, 0.05) is 29.5 Å². The third-order valence-electron chi connectivity index (χ3n) is 5.84. The zero-order valence-corrected chi connectivity index (χ0v) is 19.6. The van der Waals surface area contributed by atoms with E-state index in [1.807, 2.05) is 0 Å². The number of hydrogen-bond donors (Lipinski definition) is 4.